The molecule has 492 valence electrons. The lowest BCUT2D eigenvalue weighted by atomic mass is 10.1. The van der Waals surface area contributed by atoms with Gasteiger partial charge in [0.2, 0.25) is 35.4 Å². The molecular weight excluding hydrogens is 1120 g/mol. The van der Waals surface area contributed by atoms with E-state index in [1.54, 1.807) is 0 Å². The smallest absolute Gasteiger partial charge is 0.246 e. The average Bonchev–Trinajstić information content (AvgIpc) is 3.60. The minimum Gasteiger partial charge on any atom is -0.379 e. The molecule has 0 aromatic rings. The highest BCUT2D eigenvalue weighted by Gasteiger charge is 2.25. The van der Waals surface area contributed by atoms with Crippen molar-refractivity contribution in [2.24, 2.45) is 0 Å². The summed E-state index contributed by atoms with van der Waals surface area (Å²) in [6.07, 6.45) is -0.370. The average molecular weight is 1220 g/mol. The molecule has 2 atom stereocenters. The van der Waals surface area contributed by atoms with Crippen LogP contribution in [0.15, 0.2) is 0 Å². The number of likely N-dealkylation sites (N-methyl/N-ethyl adjacent to an activating group) is 2. The fraction of sp³-hybridized carbons (Fsp3) is 0.865. The SMILES string of the molecule is CNCCOCCOCCNC(=O)CC(NC(=O)COCCOCCOCCOCC(=O)NC(CC(=O)NCCOCCOCCOCCNF)C(=O)NCCOCCOCCOCCC(C)=O)C(=O)NCCOCCOCCOCCNC. The van der Waals surface area contributed by atoms with Crippen molar-refractivity contribution >= 4 is 41.2 Å². The fourth-order valence-electron chi connectivity index (χ4n) is 6.18. The van der Waals surface area contributed by atoms with Gasteiger partial charge in [-0.3, -0.25) is 33.6 Å². The van der Waals surface area contributed by atoms with Crippen molar-refractivity contribution in [3.05, 3.63) is 0 Å². The van der Waals surface area contributed by atoms with Gasteiger partial charge in [-0.1, -0.05) is 0 Å². The summed E-state index contributed by atoms with van der Waals surface area (Å²) in [6.45, 7) is 10.3. The van der Waals surface area contributed by atoms with Crippen LogP contribution in [0.25, 0.3) is 0 Å². The van der Waals surface area contributed by atoms with Crippen LogP contribution < -0.4 is 48.1 Å². The van der Waals surface area contributed by atoms with Gasteiger partial charge in [0.1, 0.15) is 31.1 Å². The van der Waals surface area contributed by atoms with E-state index in [-0.39, 0.29) is 150 Å². The van der Waals surface area contributed by atoms with Gasteiger partial charge in [0.25, 0.3) is 0 Å². The third-order valence-electron chi connectivity index (χ3n) is 10.4. The molecule has 0 spiro atoms. The van der Waals surface area contributed by atoms with E-state index in [2.05, 4.69) is 42.5 Å². The number of carbonyl (C=O) groups excluding carboxylic acids is 7. The molecule has 0 aromatic carbocycles. The number of hydrogen-bond acceptors (Lipinski definition) is 25. The molecule has 32 heteroatoms. The highest BCUT2D eigenvalue weighted by Crippen LogP contribution is 1.98. The number of ketones is 1. The Bertz CT molecular complexity index is 1610. The van der Waals surface area contributed by atoms with Crippen LogP contribution in [0.1, 0.15) is 26.2 Å². The van der Waals surface area contributed by atoms with E-state index in [1.807, 2.05) is 14.1 Å². The molecule has 6 amide bonds. The summed E-state index contributed by atoms with van der Waals surface area (Å²) in [5, 5.41) is 21.7. The van der Waals surface area contributed by atoms with Crippen molar-refractivity contribution in [1.29, 1.82) is 0 Å². The lowest BCUT2D eigenvalue weighted by Gasteiger charge is -2.18. The van der Waals surface area contributed by atoms with E-state index >= 15 is 0 Å². The molecule has 0 heterocycles. The molecule has 0 saturated carbocycles. The normalized spacial score (nSPS) is 12.0. The Morgan fingerprint density at radius 3 is 0.845 bits per heavy atom. The van der Waals surface area contributed by atoms with Gasteiger partial charge in [-0.25, -0.2) is 0 Å². The van der Waals surface area contributed by atoms with Gasteiger partial charge >= 0.3 is 0 Å². The first-order valence-electron chi connectivity index (χ1n) is 28.5. The molecule has 9 N–H and O–H groups in total. The maximum Gasteiger partial charge on any atom is 0.246 e. The number of Topliss-reactive ketones (excluding diaryl/α,β-unsaturated/α-hetero) is 1. The van der Waals surface area contributed by atoms with Crippen LogP contribution in [0.5, 0.6) is 0 Å². The predicted octanol–water partition coefficient (Wildman–Crippen LogP) is -4.66. The van der Waals surface area contributed by atoms with Crippen LogP contribution >= 0.6 is 0 Å². The highest BCUT2D eigenvalue weighted by molar-refractivity contribution is 5.93. The van der Waals surface area contributed by atoms with Gasteiger partial charge in [0, 0.05) is 52.2 Å². The first-order chi connectivity index (χ1) is 41.0. The zero-order valence-corrected chi connectivity index (χ0v) is 49.8. The molecule has 31 nitrogen and oxygen atoms in total. The zero-order valence-electron chi connectivity index (χ0n) is 49.8. The Labute approximate surface area is 493 Å². The summed E-state index contributed by atoms with van der Waals surface area (Å²) >= 11 is 0. The number of ether oxygens (including phenoxy) is 15. The largest absolute Gasteiger partial charge is 0.379 e. The quantitative estimate of drug-likeness (QED) is 0.0204. The fourth-order valence-corrected chi connectivity index (χ4v) is 6.18. The number of amides is 6. The number of rotatable bonds is 66. The van der Waals surface area contributed by atoms with Crippen molar-refractivity contribution < 1.29 is 109 Å². The monoisotopic (exact) mass is 1220 g/mol. The summed E-state index contributed by atoms with van der Waals surface area (Å²) in [4.78, 5) is 88.3. The lowest BCUT2D eigenvalue weighted by Crippen LogP contribution is -2.50. The predicted molar refractivity (Wildman–Crippen MR) is 300 cm³/mol. The van der Waals surface area contributed by atoms with Gasteiger partial charge < -0.3 is 114 Å². The van der Waals surface area contributed by atoms with Gasteiger partial charge in [0.15, 0.2) is 0 Å². The number of nitrogens with one attached hydrogen (secondary N) is 9. The minimum atomic E-state index is -1.24. The number of halogens is 1. The van der Waals surface area contributed by atoms with E-state index in [1.165, 1.54) is 12.5 Å². The third-order valence-corrected chi connectivity index (χ3v) is 10.4. The second kappa shape index (κ2) is 63.2. The van der Waals surface area contributed by atoms with E-state index in [4.69, 9.17) is 71.1 Å². The summed E-state index contributed by atoms with van der Waals surface area (Å²) < 4.78 is 93.0. The van der Waals surface area contributed by atoms with E-state index in [9.17, 15) is 38.0 Å². The van der Waals surface area contributed by atoms with E-state index in [0.717, 1.165) is 13.1 Å². The van der Waals surface area contributed by atoms with Crippen molar-refractivity contribution in [2.75, 3.05) is 258 Å². The number of carbonyl (C=O) groups is 7. The molecule has 0 bridgehead atoms. The molecule has 0 aliphatic carbocycles. The molecule has 0 saturated heterocycles. The Morgan fingerprint density at radius 2 is 0.560 bits per heavy atom. The maximum atomic E-state index is 13.1. The third kappa shape index (κ3) is 58.1. The standard InChI is InChI=1S/C52H100FN9O22/c1-44(63)4-12-70-20-28-78-31-25-75-17-9-58-52(69)46(41-48(65)57-8-16-74-24-30-80-33-27-77-19-11-60-53)62-50(67)43-84-39-37-82-35-34-81-36-38-83-42-49(66)61-45(40-47(64)56-7-15-73-22-21-71-13-5-54-2)51(68)59-10-18-76-26-32-79-29-23-72-14-6-55-3/h45-46,54-55,60H,4-43H2,1-3H3,(H,56,64)(H,57,65)(H,58,69)(H,59,68)(H,61,66)(H,62,67). The van der Waals surface area contributed by atoms with Gasteiger partial charge in [-0.2, -0.15) is 5.54 Å². The molecule has 2 unspecified atom stereocenters. The van der Waals surface area contributed by atoms with Crippen molar-refractivity contribution in [1.82, 2.24) is 48.1 Å². The van der Waals surface area contributed by atoms with Crippen molar-refractivity contribution in [3.8, 4) is 0 Å². The van der Waals surface area contributed by atoms with Crippen LogP contribution in [-0.2, 0) is 105 Å². The Hall–Kier alpha value is -4.30. The molecular formula is C52H100FN9O22. The summed E-state index contributed by atoms with van der Waals surface area (Å²) in [6, 6.07) is -2.44. The van der Waals surface area contributed by atoms with Crippen LogP contribution in [-0.4, -0.2) is 311 Å². The van der Waals surface area contributed by atoms with E-state index < -0.39 is 60.7 Å². The zero-order chi connectivity index (χ0) is 61.5. The molecule has 0 fully saturated rings. The topological polar surface area (TPSA) is 366 Å². The number of hydrogen-bond donors (Lipinski definition) is 9. The van der Waals surface area contributed by atoms with Gasteiger partial charge in [-0.15, -0.1) is 4.48 Å². The van der Waals surface area contributed by atoms with Gasteiger partial charge in [-0.05, 0) is 21.0 Å². The van der Waals surface area contributed by atoms with Crippen LogP contribution in [0.2, 0.25) is 0 Å². The first kappa shape index (κ1) is 79.7. The molecule has 0 aliphatic rings. The van der Waals surface area contributed by atoms with Gasteiger partial charge in [0.05, 0.1) is 198 Å². The van der Waals surface area contributed by atoms with Crippen molar-refractivity contribution in [2.45, 2.75) is 38.3 Å². The van der Waals surface area contributed by atoms with Crippen LogP contribution in [0.4, 0.5) is 4.48 Å². The Morgan fingerprint density at radius 1 is 0.310 bits per heavy atom. The van der Waals surface area contributed by atoms with Crippen molar-refractivity contribution in [3.63, 3.8) is 0 Å². The van der Waals surface area contributed by atoms with E-state index in [0.29, 0.717) is 92.3 Å². The molecule has 0 radical (unpaired) electrons. The molecule has 0 aromatic heterocycles. The summed E-state index contributed by atoms with van der Waals surface area (Å²) in [5.41, 5.74) is 1.49. The van der Waals surface area contributed by atoms with Crippen LogP contribution in [0.3, 0.4) is 0 Å². The first-order valence-corrected chi connectivity index (χ1v) is 28.5. The Kier molecular flexibility index (Phi) is 60.0. The molecule has 84 heavy (non-hydrogen) atoms. The molecule has 0 rings (SSSR count). The maximum absolute atomic E-state index is 13.1. The Balaban J connectivity index is 4.69. The van der Waals surface area contributed by atoms with Crippen LogP contribution in [0, 0.1) is 0 Å². The highest BCUT2D eigenvalue weighted by atomic mass is 19.2. The second-order valence-corrected chi connectivity index (χ2v) is 17.5. The molecule has 0 aliphatic heterocycles. The summed E-state index contributed by atoms with van der Waals surface area (Å²) in [7, 11) is 3.67. The second-order valence-electron chi connectivity index (χ2n) is 17.5. The summed E-state index contributed by atoms with van der Waals surface area (Å²) in [5.74, 6) is -3.43. The lowest BCUT2D eigenvalue weighted by molar-refractivity contribution is -0.134. The minimum absolute atomic E-state index is 0.0220.